The van der Waals surface area contributed by atoms with E-state index in [-0.39, 0.29) is 0 Å². The summed E-state index contributed by atoms with van der Waals surface area (Å²) in [5.41, 5.74) is 1.52. The lowest BCUT2D eigenvalue weighted by Gasteiger charge is -2.42. The number of aromatic nitrogens is 1. The molecular formula is C14H25N3S. The Morgan fingerprint density at radius 2 is 2.06 bits per heavy atom. The first-order chi connectivity index (χ1) is 8.58. The smallest absolute Gasteiger partial charge is 0.107 e. The summed E-state index contributed by atoms with van der Waals surface area (Å²) in [7, 11) is 0. The van der Waals surface area contributed by atoms with Crippen LogP contribution in [0.1, 0.15) is 42.3 Å². The van der Waals surface area contributed by atoms with Crippen LogP contribution >= 0.6 is 11.3 Å². The molecule has 1 fully saturated rings. The lowest BCUT2D eigenvalue weighted by Crippen LogP contribution is -2.59. The van der Waals surface area contributed by atoms with E-state index in [2.05, 4.69) is 42.9 Å². The zero-order chi connectivity index (χ0) is 13.2. The van der Waals surface area contributed by atoms with Crippen molar-refractivity contribution in [1.82, 2.24) is 15.2 Å². The summed E-state index contributed by atoms with van der Waals surface area (Å²) in [5, 5.41) is 4.98. The summed E-state index contributed by atoms with van der Waals surface area (Å²) >= 11 is 1.85. The Labute approximate surface area is 115 Å². The lowest BCUT2D eigenvalue weighted by atomic mass is 9.90. The molecule has 0 aliphatic carbocycles. The van der Waals surface area contributed by atoms with Crippen LogP contribution in [0, 0.1) is 13.8 Å². The van der Waals surface area contributed by atoms with Crippen molar-refractivity contribution < 1.29 is 0 Å². The van der Waals surface area contributed by atoms with Gasteiger partial charge in [-0.15, -0.1) is 11.3 Å². The summed E-state index contributed by atoms with van der Waals surface area (Å²) in [4.78, 5) is 8.58. The standard InChI is InChI=1S/C14H25N3S/c1-5-14(6-2)10-17(8-7-15-14)9-13-16-11(3)12(4)18-13/h15H,5-10H2,1-4H3. The highest BCUT2D eigenvalue weighted by Gasteiger charge is 2.31. The van der Waals surface area contributed by atoms with Gasteiger partial charge in [-0.1, -0.05) is 13.8 Å². The number of hydrogen-bond acceptors (Lipinski definition) is 4. The second-order valence-corrected chi connectivity index (χ2v) is 6.66. The first-order valence-corrected chi connectivity index (χ1v) is 7.80. The van der Waals surface area contributed by atoms with Gasteiger partial charge in [-0.05, 0) is 26.7 Å². The number of rotatable bonds is 4. The van der Waals surface area contributed by atoms with Crippen molar-refractivity contribution in [2.75, 3.05) is 19.6 Å². The van der Waals surface area contributed by atoms with Crippen molar-refractivity contribution in [3.8, 4) is 0 Å². The first-order valence-electron chi connectivity index (χ1n) is 6.99. The second-order valence-electron chi connectivity index (χ2n) is 5.37. The number of piperazine rings is 1. The van der Waals surface area contributed by atoms with E-state index in [0.29, 0.717) is 5.54 Å². The molecule has 2 heterocycles. The quantitative estimate of drug-likeness (QED) is 0.909. The third kappa shape index (κ3) is 2.92. The molecule has 1 N–H and O–H groups in total. The molecule has 0 unspecified atom stereocenters. The Hall–Kier alpha value is -0.450. The molecule has 0 atom stereocenters. The molecular weight excluding hydrogens is 242 g/mol. The normalized spacial score (nSPS) is 20.2. The number of thiazole rings is 1. The van der Waals surface area contributed by atoms with Crippen LogP contribution in [0.4, 0.5) is 0 Å². The Bertz CT molecular complexity index is 376. The van der Waals surface area contributed by atoms with Crippen molar-refractivity contribution >= 4 is 11.3 Å². The van der Waals surface area contributed by atoms with Gasteiger partial charge in [0.15, 0.2) is 0 Å². The van der Waals surface area contributed by atoms with Gasteiger partial charge in [-0.2, -0.15) is 0 Å². The molecule has 2 rings (SSSR count). The fourth-order valence-electron chi connectivity index (χ4n) is 2.70. The van der Waals surface area contributed by atoms with Gasteiger partial charge in [0, 0.05) is 30.1 Å². The summed E-state index contributed by atoms with van der Waals surface area (Å²) in [6, 6.07) is 0. The van der Waals surface area contributed by atoms with Crippen LogP contribution in [0.15, 0.2) is 0 Å². The van der Waals surface area contributed by atoms with E-state index in [0.717, 1.165) is 26.2 Å². The largest absolute Gasteiger partial charge is 0.309 e. The van der Waals surface area contributed by atoms with Gasteiger partial charge in [0.2, 0.25) is 0 Å². The minimum Gasteiger partial charge on any atom is -0.309 e. The molecule has 0 aromatic carbocycles. The Morgan fingerprint density at radius 3 is 2.61 bits per heavy atom. The third-order valence-electron chi connectivity index (χ3n) is 4.24. The maximum atomic E-state index is 4.66. The molecule has 0 radical (unpaired) electrons. The predicted octanol–water partition coefficient (Wildman–Crippen LogP) is 2.72. The molecule has 1 aromatic rings. The van der Waals surface area contributed by atoms with Gasteiger partial charge >= 0.3 is 0 Å². The van der Waals surface area contributed by atoms with E-state index in [9.17, 15) is 0 Å². The molecule has 1 saturated heterocycles. The van der Waals surface area contributed by atoms with E-state index in [4.69, 9.17) is 0 Å². The topological polar surface area (TPSA) is 28.2 Å². The van der Waals surface area contributed by atoms with Crippen LogP contribution in [0.2, 0.25) is 0 Å². The molecule has 1 aromatic heterocycles. The molecule has 0 amide bonds. The molecule has 0 spiro atoms. The molecule has 0 bridgehead atoms. The third-order valence-corrected chi connectivity index (χ3v) is 5.30. The minimum absolute atomic E-state index is 0.319. The summed E-state index contributed by atoms with van der Waals surface area (Å²) in [5.74, 6) is 0. The number of hydrogen-bond donors (Lipinski definition) is 1. The monoisotopic (exact) mass is 267 g/mol. The molecule has 102 valence electrons. The van der Waals surface area contributed by atoms with Gasteiger partial charge < -0.3 is 5.32 Å². The molecule has 1 aliphatic rings. The molecule has 4 heteroatoms. The van der Waals surface area contributed by atoms with Crippen LogP contribution in [-0.4, -0.2) is 35.1 Å². The van der Waals surface area contributed by atoms with Crippen LogP contribution < -0.4 is 5.32 Å². The van der Waals surface area contributed by atoms with Gasteiger partial charge in [0.1, 0.15) is 5.01 Å². The number of nitrogens with one attached hydrogen (secondary N) is 1. The maximum absolute atomic E-state index is 4.66. The van der Waals surface area contributed by atoms with Gasteiger partial charge in [0.05, 0.1) is 12.2 Å². The molecule has 18 heavy (non-hydrogen) atoms. The fraction of sp³-hybridized carbons (Fsp3) is 0.786. The van der Waals surface area contributed by atoms with Gasteiger partial charge in [0.25, 0.3) is 0 Å². The molecule has 0 saturated carbocycles. The predicted molar refractivity (Wildman–Crippen MR) is 78.2 cm³/mol. The number of nitrogens with zero attached hydrogens (tertiary/aromatic N) is 2. The highest BCUT2D eigenvalue weighted by atomic mass is 32.1. The van der Waals surface area contributed by atoms with Crippen LogP contribution in [-0.2, 0) is 6.54 Å². The summed E-state index contributed by atoms with van der Waals surface area (Å²) < 4.78 is 0. The van der Waals surface area contributed by atoms with Gasteiger partial charge in [-0.3, -0.25) is 4.90 Å². The highest BCUT2D eigenvalue weighted by molar-refractivity contribution is 7.11. The highest BCUT2D eigenvalue weighted by Crippen LogP contribution is 2.23. The second kappa shape index (κ2) is 5.68. The van der Waals surface area contributed by atoms with Crippen molar-refractivity contribution in [2.45, 2.75) is 52.6 Å². The summed E-state index contributed by atoms with van der Waals surface area (Å²) in [6.07, 6.45) is 2.41. The van der Waals surface area contributed by atoms with Gasteiger partial charge in [-0.25, -0.2) is 4.98 Å². The lowest BCUT2D eigenvalue weighted by molar-refractivity contribution is 0.118. The zero-order valence-corrected chi connectivity index (χ0v) is 12.9. The average molecular weight is 267 g/mol. The van der Waals surface area contributed by atoms with Crippen molar-refractivity contribution in [2.24, 2.45) is 0 Å². The van der Waals surface area contributed by atoms with Crippen molar-refractivity contribution in [3.63, 3.8) is 0 Å². The van der Waals surface area contributed by atoms with Crippen LogP contribution in [0.5, 0.6) is 0 Å². The molecule has 1 aliphatic heterocycles. The minimum atomic E-state index is 0.319. The summed E-state index contributed by atoms with van der Waals surface area (Å²) in [6.45, 7) is 13.3. The van der Waals surface area contributed by atoms with Crippen LogP contribution in [0.25, 0.3) is 0 Å². The average Bonchev–Trinajstić information content (AvgIpc) is 2.68. The SMILES string of the molecule is CCC1(CC)CN(Cc2nc(C)c(C)s2)CCN1. The zero-order valence-electron chi connectivity index (χ0n) is 12.0. The maximum Gasteiger partial charge on any atom is 0.107 e. The van der Waals surface area contributed by atoms with E-state index in [1.165, 1.54) is 28.4 Å². The molecule has 3 nitrogen and oxygen atoms in total. The van der Waals surface area contributed by atoms with Crippen LogP contribution in [0.3, 0.4) is 0 Å². The van der Waals surface area contributed by atoms with E-state index in [1.54, 1.807) is 0 Å². The van der Waals surface area contributed by atoms with E-state index < -0.39 is 0 Å². The van der Waals surface area contributed by atoms with Crippen molar-refractivity contribution in [1.29, 1.82) is 0 Å². The fourth-order valence-corrected chi connectivity index (χ4v) is 3.68. The first kappa shape index (κ1) is 14.0. The Morgan fingerprint density at radius 1 is 1.33 bits per heavy atom. The Balaban J connectivity index is 2.01. The van der Waals surface area contributed by atoms with E-state index in [1.807, 2.05) is 11.3 Å². The number of aryl methyl sites for hydroxylation is 2. The van der Waals surface area contributed by atoms with Crippen molar-refractivity contribution in [3.05, 3.63) is 15.6 Å². The van der Waals surface area contributed by atoms with E-state index >= 15 is 0 Å². The Kier molecular flexibility index (Phi) is 4.41.